The molecular formula is C25H30N3O3. The van der Waals surface area contributed by atoms with Gasteiger partial charge in [-0.25, -0.2) is 0 Å². The molecule has 1 heterocycles. The maximum atomic E-state index is 12.4. The van der Waals surface area contributed by atoms with Crippen LogP contribution in [0.2, 0.25) is 0 Å². The van der Waals surface area contributed by atoms with Gasteiger partial charge in [0.15, 0.2) is 0 Å². The Morgan fingerprint density at radius 1 is 1.35 bits per heavy atom. The molecule has 31 heavy (non-hydrogen) atoms. The minimum Gasteiger partial charge on any atom is -0.352 e. The first-order valence-electron chi connectivity index (χ1n) is 10.8. The summed E-state index contributed by atoms with van der Waals surface area (Å²) in [6.07, 6.45) is 6.42. The summed E-state index contributed by atoms with van der Waals surface area (Å²) < 4.78 is 0. The van der Waals surface area contributed by atoms with Crippen molar-refractivity contribution in [2.24, 2.45) is 0 Å². The summed E-state index contributed by atoms with van der Waals surface area (Å²) in [5.41, 5.74) is 2.85. The van der Waals surface area contributed by atoms with Gasteiger partial charge in [0, 0.05) is 18.7 Å². The standard InChI is InChI=1S/C25H30N3O3/c1-18(2)21-10-4-5-11-22(21)25-19(8-6-12-23(25)28(30)31)13-14-24(29)26-16-15-20-9-7-17-27(20)3/h4-6,8,10-11,13-14,18,20H,7,9,15-17H2,1-3H3,(H,26,29)/b14-13+. The summed E-state index contributed by atoms with van der Waals surface area (Å²) in [4.78, 5) is 26.0. The molecule has 3 rings (SSSR count). The fourth-order valence-corrected chi connectivity index (χ4v) is 4.23. The van der Waals surface area contributed by atoms with Crippen LogP contribution in [0, 0.1) is 16.2 Å². The summed E-state index contributed by atoms with van der Waals surface area (Å²) in [6, 6.07) is 14.3. The maximum absolute atomic E-state index is 12.4. The monoisotopic (exact) mass is 420 g/mol. The number of benzene rings is 2. The summed E-state index contributed by atoms with van der Waals surface area (Å²) >= 11 is 0. The van der Waals surface area contributed by atoms with Crippen LogP contribution in [0.25, 0.3) is 17.2 Å². The Kier molecular flexibility index (Phi) is 7.58. The predicted octanol–water partition coefficient (Wildman–Crippen LogP) is 4.80. The largest absolute Gasteiger partial charge is 0.352 e. The molecule has 0 saturated carbocycles. The molecule has 0 aliphatic carbocycles. The third-order valence-electron chi connectivity index (χ3n) is 5.91. The van der Waals surface area contributed by atoms with E-state index in [1.54, 1.807) is 12.1 Å². The molecule has 2 aromatic rings. The highest BCUT2D eigenvalue weighted by Gasteiger charge is 2.22. The summed E-state index contributed by atoms with van der Waals surface area (Å²) in [7, 11) is 2.12. The molecule has 1 aliphatic rings. The van der Waals surface area contributed by atoms with Crippen molar-refractivity contribution in [3.63, 3.8) is 0 Å². The topological polar surface area (TPSA) is 75.5 Å². The lowest BCUT2D eigenvalue weighted by Gasteiger charge is -2.18. The normalized spacial score (nSPS) is 16.8. The van der Waals surface area contributed by atoms with Gasteiger partial charge in [-0.3, -0.25) is 14.9 Å². The third kappa shape index (κ3) is 5.58. The second-order valence-electron chi connectivity index (χ2n) is 8.35. The van der Waals surface area contributed by atoms with Crippen molar-refractivity contribution in [3.05, 3.63) is 69.8 Å². The zero-order chi connectivity index (χ0) is 22.4. The molecule has 1 saturated heterocycles. The number of carbonyl (C=O) groups excluding carboxylic acids is 1. The van der Waals surface area contributed by atoms with Crippen LogP contribution in [0.3, 0.4) is 0 Å². The van der Waals surface area contributed by atoms with Crippen LogP contribution >= 0.6 is 0 Å². The molecule has 6 heteroatoms. The molecular weight excluding hydrogens is 390 g/mol. The lowest BCUT2D eigenvalue weighted by molar-refractivity contribution is -0.384. The Hall–Kier alpha value is -2.99. The van der Waals surface area contributed by atoms with Gasteiger partial charge < -0.3 is 10.2 Å². The molecule has 0 bridgehead atoms. The van der Waals surface area contributed by atoms with Crippen molar-refractivity contribution in [2.45, 2.75) is 45.1 Å². The number of likely N-dealkylation sites (tertiary alicyclic amines) is 1. The number of nitrogens with one attached hydrogen (secondary N) is 1. The van der Waals surface area contributed by atoms with Gasteiger partial charge in [0.25, 0.3) is 5.69 Å². The molecule has 1 aliphatic heterocycles. The van der Waals surface area contributed by atoms with Crippen molar-refractivity contribution in [1.29, 1.82) is 0 Å². The first-order chi connectivity index (χ1) is 14.9. The lowest BCUT2D eigenvalue weighted by atomic mass is 9.89. The second kappa shape index (κ2) is 10.4. The van der Waals surface area contributed by atoms with E-state index in [9.17, 15) is 14.9 Å². The number of rotatable bonds is 8. The average molecular weight is 421 g/mol. The van der Waals surface area contributed by atoms with E-state index < -0.39 is 4.92 Å². The predicted molar refractivity (Wildman–Crippen MR) is 124 cm³/mol. The van der Waals surface area contributed by atoms with Crippen molar-refractivity contribution < 1.29 is 9.72 Å². The molecule has 1 fully saturated rings. The Bertz CT molecular complexity index is 968. The molecule has 1 N–H and O–H groups in total. The third-order valence-corrected chi connectivity index (χ3v) is 5.91. The van der Waals surface area contributed by atoms with Gasteiger partial charge >= 0.3 is 0 Å². The van der Waals surface area contributed by atoms with Gasteiger partial charge in [-0.2, -0.15) is 0 Å². The smallest absolute Gasteiger partial charge is 0.285 e. The lowest BCUT2D eigenvalue weighted by Crippen LogP contribution is -2.31. The molecule has 0 aromatic heterocycles. The average Bonchev–Trinajstić information content (AvgIpc) is 3.16. The molecule has 1 unspecified atom stereocenters. The quantitative estimate of drug-likeness (QED) is 0.378. The molecule has 1 atom stereocenters. The Balaban J connectivity index is 1.82. The number of nitro benzene ring substituents is 1. The highest BCUT2D eigenvalue weighted by Crippen LogP contribution is 2.38. The Labute approximate surface area is 184 Å². The van der Waals surface area contributed by atoms with Crippen molar-refractivity contribution in [1.82, 2.24) is 10.2 Å². The van der Waals surface area contributed by atoms with Crippen molar-refractivity contribution in [2.75, 3.05) is 20.1 Å². The Morgan fingerprint density at radius 2 is 2.13 bits per heavy atom. The van der Waals surface area contributed by atoms with E-state index in [-0.39, 0.29) is 17.5 Å². The molecule has 1 radical (unpaired) electrons. The fraction of sp³-hybridized carbons (Fsp3) is 0.400. The van der Waals surface area contributed by atoms with Gasteiger partial charge in [-0.15, -0.1) is 0 Å². The minimum absolute atomic E-state index is 0.0834. The highest BCUT2D eigenvalue weighted by atomic mass is 16.6. The molecule has 6 nitrogen and oxygen atoms in total. The first kappa shape index (κ1) is 22.7. The zero-order valence-electron chi connectivity index (χ0n) is 18.4. The molecule has 2 aromatic carbocycles. The van der Waals surface area contributed by atoms with Crippen molar-refractivity contribution >= 4 is 17.7 Å². The van der Waals surface area contributed by atoms with Crippen LogP contribution in [-0.2, 0) is 4.79 Å². The van der Waals surface area contributed by atoms with Crippen LogP contribution in [0.1, 0.15) is 50.2 Å². The van der Waals surface area contributed by atoms with E-state index in [2.05, 4.69) is 37.2 Å². The van der Waals surface area contributed by atoms with Gasteiger partial charge in [0.1, 0.15) is 0 Å². The van der Waals surface area contributed by atoms with Crippen LogP contribution in [-0.4, -0.2) is 41.9 Å². The van der Waals surface area contributed by atoms with E-state index in [0.717, 1.165) is 24.1 Å². The van der Waals surface area contributed by atoms with E-state index >= 15 is 0 Å². The number of hydrogen-bond donors (Lipinski definition) is 1. The fourth-order valence-electron chi connectivity index (χ4n) is 4.23. The van der Waals surface area contributed by atoms with Crippen molar-refractivity contribution in [3.8, 4) is 11.1 Å². The van der Waals surface area contributed by atoms with E-state index in [1.165, 1.54) is 25.0 Å². The highest BCUT2D eigenvalue weighted by molar-refractivity contribution is 5.94. The van der Waals surface area contributed by atoms with Crippen LogP contribution in [0.4, 0.5) is 5.69 Å². The summed E-state index contributed by atoms with van der Waals surface area (Å²) in [5.74, 6) is 0.00378. The SMILES string of the molecule is CC(C)c1ccccc1-c1c([N+](=O)[O-])[c]ccc1/C=C/C(=O)NCCC1CCCN1C. The van der Waals surface area contributed by atoms with E-state index in [0.29, 0.717) is 23.7 Å². The number of amides is 1. The maximum Gasteiger partial charge on any atom is 0.285 e. The van der Waals surface area contributed by atoms with Crippen LogP contribution in [0.15, 0.2) is 42.5 Å². The van der Waals surface area contributed by atoms with Gasteiger partial charge in [0.2, 0.25) is 5.91 Å². The molecule has 1 amide bonds. The number of hydrogen-bond acceptors (Lipinski definition) is 4. The molecule has 0 spiro atoms. The first-order valence-corrected chi connectivity index (χ1v) is 10.8. The number of carbonyl (C=O) groups is 1. The van der Waals surface area contributed by atoms with Gasteiger partial charge in [-0.1, -0.05) is 44.2 Å². The second-order valence-corrected chi connectivity index (χ2v) is 8.35. The minimum atomic E-state index is -0.415. The Morgan fingerprint density at radius 3 is 2.81 bits per heavy atom. The number of nitro groups is 1. The van der Waals surface area contributed by atoms with Gasteiger partial charge in [0.05, 0.1) is 16.6 Å². The van der Waals surface area contributed by atoms with E-state index in [1.807, 2.05) is 24.3 Å². The number of nitrogens with zero attached hydrogens (tertiary/aromatic N) is 2. The van der Waals surface area contributed by atoms with Crippen LogP contribution in [0.5, 0.6) is 0 Å². The van der Waals surface area contributed by atoms with Crippen LogP contribution < -0.4 is 5.32 Å². The summed E-state index contributed by atoms with van der Waals surface area (Å²) in [5, 5.41) is 14.7. The van der Waals surface area contributed by atoms with Gasteiger partial charge in [-0.05, 0) is 67.6 Å². The zero-order valence-corrected chi connectivity index (χ0v) is 18.4. The van der Waals surface area contributed by atoms with E-state index in [4.69, 9.17) is 0 Å². The molecule has 163 valence electrons. The summed E-state index contributed by atoms with van der Waals surface area (Å²) in [6.45, 7) is 5.84.